The van der Waals surface area contributed by atoms with E-state index in [4.69, 9.17) is 19.9 Å². The lowest BCUT2D eigenvalue weighted by molar-refractivity contribution is -0.106. The smallest absolute Gasteiger partial charge is 0.161 e. The van der Waals surface area contributed by atoms with Crippen LogP contribution in [0.25, 0.3) is 0 Å². The van der Waals surface area contributed by atoms with Crippen LogP contribution < -0.4 is 15.2 Å². The Labute approximate surface area is 101 Å². The number of ether oxygens (including phenoxy) is 3. The predicted molar refractivity (Wildman–Crippen MR) is 63.4 cm³/mol. The molecule has 0 aromatic heterocycles. The average Bonchev–Trinajstić information content (AvgIpc) is 2.34. The largest absolute Gasteiger partial charge is 0.486 e. The van der Waals surface area contributed by atoms with Crippen LogP contribution in [0, 0.1) is 5.41 Å². The van der Waals surface area contributed by atoms with Gasteiger partial charge in [-0.1, -0.05) is 6.07 Å². The molecular weight excluding hydrogens is 218 g/mol. The fourth-order valence-electron chi connectivity index (χ4n) is 2.31. The van der Waals surface area contributed by atoms with Crippen molar-refractivity contribution in [2.75, 3.05) is 33.0 Å². The zero-order valence-electron chi connectivity index (χ0n) is 9.78. The number of hydrogen-bond donors (Lipinski definition) is 1. The van der Waals surface area contributed by atoms with E-state index in [-0.39, 0.29) is 5.41 Å². The van der Waals surface area contributed by atoms with E-state index < -0.39 is 0 Å². The van der Waals surface area contributed by atoms with Crippen molar-refractivity contribution < 1.29 is 14.2 Å². The molecule has 1 fully saturated rings. The Balaban J connectivity index is 1.79. The van der Waals surface area contributed by atoms with Gasteiger partial charge in [0, 0.05) is 12.0 Å². The van der Waals surface area contributed by atoms with Gasteiger partial charge in [-0.2, -0.15) is 0 Å². The van der Waals surface area contributed by atoms with Crippen LogP contribution in [0.15, 0.2) is 18.2 Å². The van der Waals surface area contributed by atoms with Crippen LogP contribution in [0.2, 0.25) is 0 Å². The molecule has 4 heteroatoms. The van der Waals surface area contributed by atoms with Gasteiger partial charge in [-0.05, 0) is 24.1 Å². The molecule has 3 rings (SSSR count). The van der Waals surface area contributed by atoms with Crippen LogP contribution >= 0.6 is 0 Å². The Morgan fingerprint density at radius 2 is 1.88 bits per heavy atom. The Bertz CT molecular complexity index is 410. The maximum Gasteiger partial charge on any atom is 0.161 e. The molecule has 0 bridgehead atoms. The molecule has 0 atom stereocenters. The van der Waals surface area contributed by atoms with Crippen LogP contribution in [0.1, 0.15) is 5.56 Å². The fraction of sp³-hybridized carbons (Fsp3) is 0.538. The number of hydrogen-bond acceptors (Lipinski definition) is 4. The highest BCUT2D eigenvalue weighted by Crippen LogP contribution is 2.35. The summed E-state index contributed by atoms with van der Waals surface area (Å²) in [4.78, 5) is 0. The number of rotatable bonds is 3. The quantitative estimate of drug-likeness (QED) is 0.848. The number of nitrogens with two attached hydrogens (primary N) is 1. The molecule has 2 heterocycles. The summed E-state index contributed by atoms with van der Waals surface area (Å²) in [5.74, 6) is 1.69. The summed E-state index contributed by atoms with van der Waals surface area (Å²) in [6.45, 7) is 3.45. The highest BCUT2D eigenvalue weighted by molar-refractivity contribution is 5.44. The van der Waals surface area contributed by atoms with E-state index in [0.29, 0.717) is 19.8 Å². The van der Waals surface area contributed by atoms with Crippen LogP contribution in [-0.2, 0) is 11.2 Å². The summed E-state index contributed by atoms with van der Waals surface area (Å²) >= 11 is 0. The molecule has 1 aromatic rings. The summed E-state index contributed by atoms with van der Waals surface area (Å²) in [6.07, 6.45) is 0.945. The zero-order chi connectivity index (χ0) is 11.7. The van der Waals surface area contributed by atoms with Gasteiger partial charge in [-0.25, -0.2) is 0 Å². The van der Waals surface area contributed by atoms with Gasteiger partial charge >= 0.3 is 0 Å². The minimum absolute atomic E-state index is 0.129. The molecule has 0 saturated carbocycles. The van der Waals surface area contributed by atoms with Crippen LogP contribution in [0.5, 0.6) is 11.5 Å². The van der Waals surface area contributed by atoms with E-state index in [9.17, 15) is 0 Å². The van der Waals surface area contributed by atoms with E-state index in [1.807, 2.05) is 6.07 Å². The molecule has 2 aliphatic heterocycles. The molecule has 2 aliphatic rings. The maximum absolute atomic E-state index is 5.82. The maximum atomic E-state index is 5.82. The Kier molecular flexibility index (Phi) is 2.68. The molecule has 1 aromatic carbocycles. The second kappa shape index (κ2) is 4.20. The van der Waals surface area contributed by atoms with Crippen molar-refractivity contribution in [1.82, 2.24) is 0 Å². The second-order valence-corrected chi connectivity index (χ2v) is 4.85. The summed E-state index contributed by atoms with van der Waals surface area (Å²) in [5.41, 5.74) is 7.19. The third kappa shape index (κ3) is 1.98. The average molecular weight is 235 g/mol. The first-order valence-corrected chi connectivity index (χ1v) is 5.98. The summed E-state index contributed by atoms with van der Waals surface area (Å²) in [7, 11) is 0. The zero-order valence-corrected chi connectivity index (χ0v) is 9.78. The van der Waals surface area contributed by atoms with Gasteiger partial charge in [0.1, 0.15) is 13.2 Å². The van der Waals surface area contributed by atoms with Crippen molar-refractivity contribution in [3.05, 3.63) is 23.8 Å². The lowest BCUT2D eigenvalue weighted by atomic mass is 9.80. The van der Waals surface area contributed by atoms with Crippen LogP contribution in [0.4, 0.5) is 0 Å². The van der Waals surface area contributed by atoms with E-state index in [1.165, 1.54) is 5.56 Å². The van der Waals surface area contributed by atoms with Gasteiger partial charge < -0.3 is 19.9 Å². The molecule has 4 nitrogen and oxygen atoms in total. The van der Waals surface area contributed by atoms with E-state index in [1.54, 1.807) is 0 Å². The summed E-state index contributed by atoms with van der Waals surface area (Å²) in [6, 6.07) is 6.13. The van der Waals surface area contributed by atoms with Crippen LogP contribution in [0.3, 0.4) is 0 Å². The minimum atomic E-state index is 0.129. The van der Waals surface area contributed by atoms with Crippen molar-refractivity contribution in [2.24, 2.45) is 11.1 Å². The molecule has 0 spiro atoms. The van der Waals surface area contributed by atoms with E-state index in [0.717, 1.165) is 31.1 Å². The molecule has 0 amide bonds. The van der Waals surface area contributed by atoms with Crippen molar-refractivity contribution in [2.45, 2.75) is 6.42 Å². The third-order valence-corrected chi connectivity index (χ3v) is 3.44. The molecule has 1 saturated heterocycles. The molecule has 0 radical (unpaired) electrons. The van der Waals surface area contributed by atoms with Crippen molar-refractivity contribution in [3.8, 4) is 11.5 Å². The van der Waals surface area contributed by atoms with Crippen molar-refractivity contribution in [1.29, 1.82) is 0 Å². The lowest BCUT2D eigenvalue weighted by Crippen LogP contribution is -2.49. The van der Waals surface area contributed by atoms with Crippen molar-refractivity contribution >= 4 is 0 Å². The van der Waals surface area contributed by atoms with Crippen LogP contribution in [-0.4, -0.2) is 33.0 Å². The third-order valence-electron chi connectivity index (χ3n) is 3.44. The van der Waals surface area contributed by atoms with Gasteiger partial charge in [-0.15, -0.1) is 0 Å². The van der Waals surface area contributed by atoms with E-state index >= 15 is 0 Å². The van der Waals surface area contributed by atoms with Gasteiger partial charge in [-0.3, -0.25) is 0 Å². The first-order valence-electron chi connectivity index (χ1n) is 5.98. The fourth-order valence-corrected chi connectivity index (χ4v) is 2.31. The lowest BCUT2D eigenvalue weighted by Gasteiger charge is -2.40. The first-order chi connectivity index (χ1) is 8.31. The molecule has 2 N–H and O–H groups in total. The monoisotopic (exact) mass is 235 g/mol. The second-order valence-electron chi connectivity index (χ2n) is 4.85. The Morgan fingerprint density at radius 3 is 2.53 bits per heavy atom. The molecule has 92 valence electrons. The minimum Gasteiger partial charge on any atom is -0.486 e. The highest BCUT2D eigenvalue weighted by atomic mass is 16.6. The Morgan fingerprint density at radius 1 is 1.12 bits per heavy atom. The predicted octanol–water partition coefficient (Wildman–Crippen LogP) is 0.976. The normalized spacial score (nSPS) is 20.8. The summed E-state index contributed by atoms with van der Waals surface area (Å²) in [5, 5.41) is 0. The van der Waals surface area contributed by atoms with Gasteiger partial charge in [0.05, 0.1) is 13.2 Å². The molecule has 0 unspecified atom stereocenters. The van der Waals surface area contributed by atoms with Gasteiger partial charge in [0.25, 0.3) is 0 Å². The Hall–Kier alpha value is -1.26. The number of fused-ring (bicyclic) bond motifs is 1. The SMILES string of the molecule is NCC1(Cc2ccc3c(c2)OCCO3)COC1. The van der Waals surface area contributed by atoms with Crippen molar-refractivity contribution in [3.63, 3.8) is 0 Å². The molecule has 17 heavy (non-hydrogen) atoms. The standard InChI is InChI=1S/C13H17NO3/c14-7-13(8-15-9-13)6-10-1-2-11-12(5-10)17-4-3-16-11/h1-2,5H,3-4,6-9,14H2. The number of benzene rings is 1. The van der Waals surface area contributed by atoms with Gasteiger partial charge in [0.2, 0.25) is 0 Å². The molecule has 0 aliphatic carbocycles. The van der Waals surface area contributed by atoms with E-state index in [2.05, 4.69) is 12.1 Å². The topological polar surface area (TPSA) is 53.7 Å². The molecular formula is C13H17NO3. The highest BCUT2D eigenvalue weighted by Gasteiger charge is 2.37. The first kappa shape index (κ1) is 10.9. The summed E-state index contributed by atoms with van der Waals surface area (Å²) < 4.78 is 16.4. The van der Waals surface area contributed by atoms with Gasteiger partial charge in [0.15, 0.2) is 11.5 Å².